The number of nitrogens with one attached hydrogen (secondary N) is 1. The van der Waals surface area contributed by atoms with Gasteiger partial charge in [0.2, 0.25) is 0 Å². The predicted octanol–water partition coefficient (Wildman–Crippen LogP) is 5.19. The number of hydrogen-bond acceptors (Lipinski definition) is 2. The zero-order valence-corrected chi connectivity index (χ0v) is 14.0. The first-order chi connectivity index (χ1) is 9.95. The molecule has 2 nitrogen and oxygen atoms in total. The average Bonchev–Trinajstić information content (AvgIpc) is 2.42. The van der Waals surface area contributed by atoms with E-state index in [1.807, 2.05) is 18.2 Å². The molecule has 0 spiro atoms. The molecule has 2 rings (SSSR count). The summed E-state index contributed by atoms with van der Waals surface area (Å²) in [6.07, 6.45) is 0. The van der Waals surface area contributed by atoms with Crippen LogP contribution in [0.15, 0.2) is 40.9 Å². The van der Waals surface area contributed by atoms with Crippen LogP contribution in [-0.2, 0) is 6.54 Å². The van der Waals surface area contributed by atoms with Gasteiger partial charge >= 0.3 is 0 Å². The first-order valence-corrected chi connectivity index (χ1v) is 7.71. The monoisotopic (exact) mass is 351 g/mol. The van der Waals surface area contributed by atoms with Crippen LogP contribution in [0.1, 0.15) is 25.0 Å². The molecule has 112 valence electrons. The minimum absolute atomic E-state index is 0.223. The van der Waals surface area contributed by atoms with E-state index in [9.17, 15) is 4.39 Å². The molecule has 1 N–H and O–H groups in total. The van der Waals surface area contributed by atoms with Gasteiger partial charge in [0.05, 0.1) is 0 Å². The van der Waals surface area contributed by atoms with Crippen molar-refractivity contribution in [1.82, 2.24) is 5.32 Å². The predicted molar refractivity (Wildman–Crippen MR) is 87.3 cm³/mol. The molecule has 0 heterocycles. The Kier molecular flexibility index (Phi) is 5.37. The topological polar surface area (TPSA) is 21.3 Å². The highest BCUT2D eigenvalue weighted by atomic mass is 79.9. The Morgan fingerprint density at radius 2 is 1.81 bits per heavy atom. The summed E-state index contributed by atoms with van der Waals surface area (Å²) in [7, 11) is 0. The third kappa shape index (κ3) is 4.55. The molecule has 2 aromatic carbocycles. The van der Waals surface area contributed by atoms with Crippen LogP contribution < -0.4 is 10.1 Å². The summed E-state index contributed by atoms with van der Waals surface area (Å²) in [6, 6.07) is 11.0. The molecule has 0 atom stereocenters. The van der Waals surface area contributed by atoms with Crippen LogP contribution in [0.4, 0.5) is 4.39 Å². The molecule has 0 amide bonds. The highest BCUT2D eigenvalue weighted by Crippen LogP contribution is 2.28. The van der Waals surface area contributed by atoms with Crippen molar-refractivity contribution >= 4 is 15.9 Å². The molecular weight excluding hydrogens is 333 g/mol. The van der Waals surface area contributed by atoms with Gasteiger partial charge in [0.25, 0.3) is 0 Å². The molecular formula is C17H19BrFNO. The summed E-state index contributed by atoms with van der Waals surface area (Å²) < 4.78 is 20.0. The fraction of sp³-hybridized carbons (Fsp3) is 0.294. The largest absolute Gasteiger partial charge is 0.457 e. The van der Waals surface area contributed by atoms with Crippen molar-refractivity contribution < 1.29 is 9.13 Å². The van der Waals surface area contributed by atoms with Crippen molar-refractivity contribution in [2.45, 2.75) is 33.4 Å². The summed E-state index contributed by atoms with van der Waals surface area (Å²) in [4.78, 5) is 0. The van der Waals surface area contributed by atoms with Crippen LogP contribution >= 0.6 is 15.9 Å². The van der Waals surface area contributed by atoms with Crippen LogP contribution in [0.3, 0.4) is 0 Å². The molecule has 2 aromatic rings. The van der Waals surface area contributed by atoms with E-state index >= 15 is 0 Å². The van der Waals surface area contributed by atoms with Crippen molar-refractivity contribution in [3.05, 3.63) is 57.8 Å². The van der Waals surface area contributed by atoms with Crippen molar-refractivity contribution in [3.8, 4) is 11.5 Å². The van der Waals surface area contributed by atoms with Gasteiger partial charge in [0.1, 0.15) is 17.3 Å². The number of rotatable bonds is 5. The fourth-order valence-corrected chi connectivity index (χ4v) is 2.36. The van der Waals surface area contributed by atoms with Gasteiger partial charge in [-0.3, -0.25) is 0 Å². The lowest BCUT2D eigenvalue weighted by Crippen LogP contribution is -2.21. The standard InChI is InChI=1S/C17H19BrFNO/c1-11(2)20-10-13-4-5-15(9-16(13)18)21-14-6-7-17(19)12(3)8-14/h4-9,11,20H,10H2,1-3H3. The van der Waals surface area contributed by atoms with E-state index in [1.54, 1.807) is 19.1 Å². The second-order valence-electron chi connectivity index (χ2n) is 5.30. The Bertz CT molecular complexity index is 628. The molecule has 0 aliphatic heterocycles. The molecule has 0 aliphatic carbocycles. The van der Waals surface area contributed by atoms with Crippen molar-refractivity contribution in [1.29, 1.82) is 0 Å². The summed E-state index contributed by atoms with van der Waals surface area (Å²) in [5.41, 5.74) is 1.75. The molecule has 0 saturated carbocycles. The number of ether oxygens (including phenoxy) is 1. The lowest BCUT2D eigenvalue weighted by atomic mass is 10.2. The van der Waals surface area contributed by atoms with Crippen molar-refractivity contribution in [2.24, 2.45) is 0 Å². The van der Waals surface area contributed by atoms with Gasteiger partial charge in [-0.05, 0) is 48.4 Å². The van der Waals surface area contributed by atoms with Crippen molar-refractivity contribution in [2.75, 3.05) is 0 Å². The highest BCUT2D eigenvalue weighted by Gasteiger charge is 2.05. The first kappa shape index (κ1) is 16.0. The Hall–Kier alpha value is -1.39. The van der Waals surface area contributed by atoms with Crippen LogP contribution in [0.2, 0.25) is 0 Å². The molecule has 21 heavy (non-hydrogen) atoms. The summed E-state index contributed by atoms with van der Waals surface area (Å²) >= 11 is 3.56. The Balaban J connectivity index is 2.10. The zero-order valence-electron chi connectivity index (χ0n) is 12.4. The number of benzene rings is 2. The fourth-order valence-electron chi connectivity index (χ4n) is 1.87. The summed E-state index contributed by atoms with van der Waals surface area (Å²) in [5.74, 6) is 1.13. The number of aryl methyl sites for hydroxylation is 1. The molecule has 0 aromatic heterocycles. The Labute approximate surface area is 133 Å². The number of halogens is 2. The Morgan fingerprint density at radius 3 is 2.43 bits per heavy atom. The number of hydrogen-bond donors (Lipinski definition) is 1. The van der Waals surface area contributed by atoms with Crippen LogP contribution in [0, 0.1) is 12.7 Å². The zero-order chi connectivity index (χ0) is 15.4. The second kappa shape index (κ2) is 7.05. The normalized spacial score (nSPS) is 11.0. The van der Waals surface area contributed by atoms with Gasteiger partial charge in [-0.25, -0.2) is 4.39 Å². The van der Waals surface area contributed by atoms with Gasteiger partial charge in [-0.15, -0.1) is 0 Å². The van der Waals surface area contributed by atoms with E-state index < -0.39 is 0 Å². The average molecular weight is 352 g/mol. The molecule has 0 unspecified atom stereocenters. The third-order valence-corrected chi connectivity index (χ3v) is 3.83. The Morgan fingerprint density at radius 1 is 1.14 bits per heavy atom. The SMILES string of the molecule is Cc1cc(Oc2ccc(CNC(C)C)c(Br)c2)ccc1F. The molecule has 4 heteroatoms. The third-order valence-electron chi connectivity index (χ3n) is 3.09. The minimum atomic E-state index is -0.223. The lowest BCUT2D eigenvalue weighted by molar-refractivity contribution is 0.479. The molecule has 0 aliphatic rings. The summed E-state index contributed by atoms with van der Waals surface area (Å²) in [5, 5.41) is 3.37. The van der Waals surface area contributed by atoms with Crippen LogP contribution in [0.25, 0.3) is 0 Å². The maximum Gasteiger partial charge on any atom is 0.128 e. The van der Waals surface area contributed by atoms with Gasteiger partial charge in [-0.2, -0.15) is 0 Å². The molecule has 0 saturated heterocycles. The van der Waals surface area contributed by atoms with Gasteiger partial charge < -0.3 is 10.1 Å². The minimum Gasteiger partial charge on any atom is -0.457 e. The van der Waals surface area contributed by atoms with E-state index in [0.29, 0.717) is 17.4 Å². The smallest absolute Gasteiger partial charge is 0.128 e. The van der Waals surface area contributed by atoms with Crippen molar-refractivity contribution in [3.63, 3.8) is 0 Å². The molecule has 0 fully saturated rings. The van der Waals surface area contributed by atoms with Crippen LogP contribution in [-0.4, -0.2) is 6.04 Å². The molecule has 0 bridgehead atoms. The highest BCUT2D eigenvalue weighted by molar-refractivity contribution is 9.10. The van der Waals surface area contributed by atoms with Gasteiger partial charge in [0, 0.05) is 17.1 Å². The molecule has 0 radical (unpaired) electrons. The van der Waals surface area contributed by atoms with E-state index in [-0.39, 0.29) is 5.82 Å². The summed E-state index contributed by atoms with van der Waals surface area (Å²) in [6.45, 7) is 6.75. The van der Waals surface area contributed by atoms with Crippen LogP contribution in [0.5, 0.6) is 11.5 Å². The maximum absolute atomic E-state index is 13.2. The van der Waals surface area contributed by atoms with Gasteiger partial charge in [0.15, 0.2) is 0 Å². The van der Waals surface area contributed by atoms with E-state index in [2.05, 4.69) is 35.1 Å². The van der Waals surface area contributed by atoms with E-state index in [0.717, 1.165) is 16.8 Å². The van der Waals surface area contributed by atoms with E-state index in [1.165, 1.54) is 11.6 Å². The second-order valence-corrected chi connectivity index (χ2v) is 6.16. The lowest BCUT2D eigenvalue weighted by Gasteiger charge is -2.12. The van der Waals surface area contributed by atoms with E-state index in [4.69, 9.17) is 4.74 Å². The van der Waals surface area contributed by atoms with Gasteiger partial charge in [-0.1, -0.05) is 35.8 Å². The first-order valence-electron chi connectivity index (χ1n) is 6.91. The maximum atomic E-state index is 13.2. The quantitative estimate of drug-likeness (QED) is 0.800.